The summed E-state index contributed by atoms with van der Waals surface area (Å²) < 4.78 is 0. The maximum absolute atomic E-state index is 2.30. The summed E-state index contributed by atoms with van der Waals surface area (Å²) in [6.45, 7) is 4.54. The summed E-state index contributed by atoms with van der Waals surface area (Å²) in [6, 6.07) is 19.6. The topological polar surface area (TPSA) is 0 Å². The molecular weight excluding hydrogens is 204 g/mol. The molecule has 0 amide bonds. The van der Waals surface area contributed by atoms with Gasteiger partial charge in [-0.05, 0) is 23.1 Å². The van der Waals surface area contributed by atoms with Gasteiger partial charge in [0.1, 0.15) is 0 Å². The first-order valence-corrected chi connectivity index (χ1v) is 6.45. The minimum absolute atomic E-state index is 0.485. The predicted molar refractivity (Wildman–Crippen MR) is 74.4 cm³/mol. The van der Waals surface area contributed by atoms with E-state index in [0.717, 1.165) is 0 Å². The second-order valence-electron chi connectivity index (χ2n) is 4.58. The number of hydrogen-bond donors (Lipinski definition) is 0. The fourth-order valence-electron chi connectivity index (χ4n) is 2.37. The van der Waals surface area contributed by atoms with E-state index in [0.29, 0.717) is 5.92 Å². The zero-order valence-electron chi connectivity index (χ0n) is 10.7. The van der Waals surface area contributed by atoms with E-state index < -0.39 is 0 Å². The Kier molecular flexibility index (Phi) is 3.98. The highest BCUT2D eigenvalue weighted by atomic mass is 14.2. The van der Waals surface area contributed by atoms with Crippen LogP contribution in [0.15, 0.2) is 54.6 Å². The summed E-state index contributed by atoms with van der Waals surface area (Å²) in [5.41, 5.74) is 4.36. The molecule has 0 fully saturated rings. The van der Waals surface area contributed by atoms with Gasteiger partial charge in [-0.15, -0.1) is 0 Å². The molecule has 2 aromatic rings. The van der Waals surface area contributed by atoms with Crippen LogP contribution in [-0.4, -0.2) is 0 Å². The van der Waals surface area contributed by atoms with Gasteiger partial charge in [0.15, 0.2) is 0 Å². The molecule has 2 rings (SSSR count). The highest BCUT2D eigenvalue weighted by Gasteiger charge is 2.11. The van der Waals surface area contributed by atoms with E-state index in [4.69, 9.17) is 0 Å². The average molecular weight is 224 g/mol. The van der Waals surface area contributed by atoms with Crippen molar-refractivity contribution in [2.45, 2.75) is 32.6 Å². The van der Waals surface area contributed by atoms with Gasteiger partial charge in [0.25, 0.3) is 0 Å². The molecule has 0 aromatic heterocycles. The van der Waals surface area contributed by atoms with Crippen LogP contribution in [0.4, 0.5) is 0 Å². The van der Waals surface area contributed by atoms with E-state index in [-0.39, 0.29) is 0 Å². The van der Waals surface area contributed by atoms with Gasteiger partial charge >= 0.3 is 0 Å². The normalized spacial score (nSPS) is 12.4. The number of hydrogen-bond acceptors (Lipinski definition) is 0. The Morgan fingerprint density at radius 3 is 2.24 bits per heavy atom. The monoisotopic (exact) mass is 224 g/mol. The Morgan fingerprint density at radius 1 is 0.882 bits per heavy atom. The Balaban J connectivity index is 2.33. The lowest BCUT2D eigenvalue weighted by molar-refractivity contribution is 0.853. The molecule has 0 unspecified atom stereocenters. The van der Waals surface area contributed by atoms with E-state index in [9.17, 15) is 0 Å². The van der Waals surface area contributed by atoms with Crippen LogP contribution in [0.25, 0.3) is 0 Å². The molecule has 0 saturated heterocycles. The number of benzene rings is 2. The third-order valence-electron chi connectivity index (χ3n) is 3.34. The molecule has 0 aliphatic carbocycles. The van der Waals surface area contributed by atoms with Crippen LogP contribution in [-0.2, 0) is 6.42 Å². The predicted octanol–water partition coefficient (Wildman–Crippen LogP) is 4.79. The minimum Gasteiger partial charge on any atom is -0.0651 e. The molecular formula is C17H20. The van der Waals surface area contributed by atoms with Crippen molar-refractivity contribution in [3.05, 3.63) is 71.3 Å². The van der Waals surface area contributed by atoms with Crippen LogP contribution in [0, 0.1) is 0 Å². The Hall–Kier alpha value is -1.56. The first-order chi connectivity index (χ1) is 8.33. The lowest BCUT2D eigenvalue weighted by Crippen LogP contribution is -2.00. The molecule has 0 bridgehead atoms. The van der Waals surface area contributed by atoms with Crippen molar-refractivity contribution in [1.29, 1.82) is 0 Å². The first kappa shape index (κ1) is 11.9. The van der Waals surface area contributed by atoms with Crippen LogP contribution in [0.2, 0.25) is 0 Å². The van der Waals surface area contributed by atoms with Crippen molar-refractivity contribution in [1.82, 2.24) is 0 Å². The molecule has 0 aliphatic heterocycles. The Labute approximate surface area is 104 Å². The van der Waals surface area contributed by atoms with Gasteiger partial charge < -0.3 is 0 Å². The third-order valence-corrected chi connectivity index (χ3v) is 3.34. The van der Waals surface area contributed by atoms with E-state index in [2.05, 4.69) is 68.4 Å². The van der Waals surface area contributed by atoms with E-state index in [1.807, 2.05) is 0 Å². The van der Waals surface area contributed by atoms with Gasteiger partial charge in [0.05, 0.1) is 0 Å². The molecule has 0 N–H and O–H groups in total. The van der Waals surface area contributed by atoms with Gasteiger partial charge in [-0.25, -0.2) is 0 Å². The molecule has 0 saturated carbocycles. The van der Waals surface area contributed by atoms with Crippen molar-refractivity contribution < 1.29 is 0 Å². The summed E-state index contributed by atoms with van der Waals surface area (Å²) in [4.78, 5) is 0. The molecule has 17 heavy (non-hydrogen) atoms. The first-order valence-electron chi connectivity index (χ1n) is 6.45. The zero-order valence-corrected chi connectivity index (χ0v) is 10.7. The van der Waals surface area contributed by atoms with Crippen molar-refractivity contribution in [3.63, 3.8) is 0 Å². The Morgan fingerprint density at radius 2 is 1.53 bits per heavy atom. The van der Waals surface area contributed by atoms with Crippen molar-refractivity contribution in [2.75, 3.05) is 0 Å². The molecule has 0 nitrogen and oxygen atoms in total. The lowest BCUT2D eigenvalue weighted by atomic mass is 9.88. The fraction of sp³-hybridized carbons (Fsp3) is 0.294. The van der Waals surface area contributed by atoms with Gasteiger partial charge in [-0.1, -0.05) is 74.9 Å². The molecule has 2 aromatic carbocycles. The van der Waals surface area contributed by atoms with Crippen LogP contribution in [0.1, 0.15) is 42.9 Å². The maximum atomic E-state index is 2.30. The SMILES string of the molecule is CCCc1ccccc1[C@H](C)c1ccccc1. The molecule has 1 atom stereocenters. The quantitative estimate of drug-likeness (QED) is 0.700. The summed E-state index contributed by atoms with van der Waals surface area (Å²) >= 11 is 0. The van der Waals surface area contributed by atoms with Crippen LogP contribution in [0.3, 0.4) is 0 Å². The molecule has 88 valence electrons. The van der Waals surface area contributed by atoms with Gasteiger partial charge in [-0.3, -0.25) is 0 Å². The third kappa shape index (κ3) is 2.76. The van der Waals surface area contributed by atoms with Crippen LogP contribution < -0.4 is 0 Å². The summed E-state index contributed by atoms with van der Waals surface area (Å²) in [5.74, 6) is 0.485. The van der Waals surface area contributed by atoms with E-state index in [1.165, 1.54) is 29.5 Å². The van der Waals surface area contributed by atoms with E-state index >= 15 is 0 Å². The second kappa shape index (κ2) is 5.67. The smallest absolute Gasteiger partial charge is 0.00637 e. The number of aryl methyl sites for hydroxylation is 1. The van der Waals surface area contributed by atoms with Gasteiger partial charge in [0.2, 0.25) is 0 Å². The number of rotatable bonds is 4. The van der Waals surface area contributed by atoms with Gasteiger partial charge in [0, 0.05) is 5.92 Å². The highest BCUT2D eigenvalue weighted by Crippen LogP contribution is 2.27. The summed E-state index contributed by atoms with van der Waals surface area (Å²) in [6.07, 6.45) is 2.38. The standard InChI is InChI=1S/C17H20/c1-3-9-16-12-7-8-13-17(16)14(2)15-10-5-4-6-11-15/h4-8,10-14H,3,9H2,1-2H3/t14-/m1/s1. The highest BCUT2D eigenvalue weighted by molar-refractivity contribution is 5.37. The lowest BCUT2D eigenvalue weighted by Gasteiger charge is -2.16. The largest absolute Gasteiger partial charge is 0.0651 e. The van der Waals surface area contributed by atoms with E-state index in [1.54, 1.807) is 0 Å². The molecule has 0 spiro atoms. The Bertz CT molecular complexity index is 456. The van der Waals surface area contributed by atoms with Crippen molar-refractivity contribution in [3.8, 4) is 0 Å². The molecule has 0 aliphatic rings. The zero-order chi connectivity index (χ0) is 12.1. The molecule has 0 radical (unpaired) electrons. The maximum Gasteiger partial charge on any atom is 0.00637 e. The fourth-order valence-corrected chi connectivity index (χ4v) is 2.37. The average Bonchev–Trinajstić information content (AvgIpc) is 2.40. The van der Waals surface area contributed by atoms with Gasteiger partial charge in [-0.2, -0.15) is 0 Å². The molecule has 0 heteroatoms. The molecule has 0 heterocycles. The summed E-state index contributed by atoms with van der Waals surface area (Å²) in [7, 11) is 0. The van der Waals surface area contributed by atoms with Crippen molar-refractivity contribution >= 4 is 0 Å². The van der Waals surface area contributed by atoms with Crippen LogP contribution in [0.5, 0.6) is 0 Å². The minimum atomic E-state index is 0.485. The second-order valence-corrected chi connectivity index (χ2v) is 4.58. The summed E-state index contributed by atoms with van der Waals surface area (Å²) in [5, 5.41) is 0. The van der Waals surface area contributed by atoms with Crippen molar-refractivity contribution in [2.24, 2.45) is 0 Å². The van der Waals surface area contributed by atoms with Crippen LogP contribution >= 0.6 is 0 Å².